The Hall–Kier alpha value is 2.54. The molecule has 0 aromatic rings. The Morgan fingerprint density at radius 1 is 0.562 bits per heavy atom. The first kappa shape index (κ1) is 18.5. The third kappa shape index (κ3) is 7.21. The van der Waals surface area contributed by atoms with Crippen LogP contribution in [0, 0.1) is 0 Å². The third-order valence-electron chi connectivity index (χ3n) is 3.35. The largest absolute Gasteiger partial charge is 1.00 e. The molecule has 0 spiro atoms. The summed E-state index contributed by atoms with van der Waals surface area (Å²) in [5, 5.41) is 0. The van der Waals surface area contributed by atoms with E-state index in [0.29, 0.717) is 0 Å². The molecule has 2 heterocycles. The van der Waals surface area contributed by atoms with E-state index in [0.717, 1.165) is 0 Å². The summed E-state index contributed by atoms with van der Waals surface area (Å²) >= 11 is -0.823. The van der Waals surface area contributed by atoms with Crippen LogP contribution in [-0.4, -0.2) is 39.1 Å². The van der Waals surface area contributed by atoms with E-state index >= 15 is 0 Å². The maximum atomic E-state index is 1.75. The maximum absolute atomic E-state index is 1.75. The summed E-state index contributed by atoms with van der Waals surface area (Å²) in [5.41, 5.74) is 0. The Morgan fingerprint density at radius 3 is 1.19 bits per heavy atom. The number of hydrogen-bond acceptors (Lipinski definition) is 0. The van der Waals surface area contributed by atoms with Gasteiger partial charge in [-0.3, -0.25) is 0 Å². The van der Waals surface area contributed by atoms with E-state index in [4.69, 9.17) is 0 Å². The minimum absolute atomic E-state index is 0. The van der Waals surface area contributed by atoms with Crippen molar-refractivity contribution in [2.75, 3.05) is 0 Å². The molecule has 2 saturated heterocycles. The van der Waals surface area contributed by atoms with Crippen LogP contribution < -0.4 is 34.0 Å². The van der Waals surface area contributed by atoms with Gasteiger partial charge >= 0.3 is 104 Å². The first-order chi connectivity index (χ1) is 6.95. The van der Waals surface area contributed by atoms with Gasteiger partial charge in [0.25, 0.3) is 0 Å². The van der Waals surface area contributed by atoms with Gasteiger partial charge in [-0.2, -0.15) is 0 Å². The Morgan fingerprint density at radius 2 is 0.875 bits per heavy atom. The van der Waals surface area contributed by atoms with Crippen LogP contribution in [-0.2, 0) is 0 Å². The van der Waals surface area contributed by atoms with Crippen molar-refractivity contribution in [1.82, 2.24) is 0 Å². The molecule has 0 unspecified atom stereocenters. The number of rotatable bonds is 5. The van der Waals surface area contributed by atoms with Gasteiger partial charge in [0.2, 0.25) is 0 Å². The van der Waals surface area contributed by atoms with Gasteiger partial charge in [0.1, 0.15) is 0 Å². The zero-order chi connectivity index (χ0) is 9.64. The second-order valence-corrected chi connectivity index (χ2v) is 18.6. The second kappa shape index (κ2) is 11.4. The normalized spacial score (nSPS) is 21.8. The van der Waals surface area contributed by atoms with Crippen molar-refractivity contribution in [3.63, 3.8) is 0 Å². The van der Waals surface area contributed by atoms with E-state index in [1.165, 1.54) is 0 Å². The van der Waals surface area contributed by atoms with E-state index in [1.807, 2.05) is 0 Å². The van der Waals surface area contributed by atoms with Crippen LogP contribution in [0.15, 0.2) is 0 Å². The minimum Gasteiger partial charge on any atom is -1.00 e. The van der Waals surface area contributed by atoms with Crippen LogP contribution in [0.4, 0.5) is 0 Å². The Labute approximate surface area is 137 Å². The molecule has 0 atom stereocenters. The van der Waals surface area contributed by atoms with Crippen molar-refractivity contribution in [1.29, 1.82) is 0 Å². The Bertz CT molecular complexity index is 137. The van der Waals surface area contributed by atoms with E-state index in [2.05, 4.69) is 0 Å². The predicted molar refractivity (Wildman–Crippen MR) is 68.1 cm³/mol. The number of hydrogen-bond donors (Lipinski definition) is 0. The molecule has 2 fully saturated rings. The molecule has 0 bridgehead atoms. The summed E-state index contributed by atoms with van der Waals surface area (Å²) in [6.45, 7) is 0. The zero-order valence-electron chi connectivity index (χ0n) is 10.1. The quantitative estimate of drug-likeness (QED) is 0.269. The van der Waals surface area contributed by atoms with Gasteiger partial charge in [0.05, 0.1) is 0 Å². The summed E-state index contributed by atoms with van der Waals surface area (Å²) in [7, 11) is 0. The average molecular weight is 583 g/mol. The molecule has 0 aliphatic carbocycles. The van der Waals surface area contributed by atoms with Crippen LogP contribution in [0.2, 0.25) is 26.8 Å². The van der Waals surface area contributed by atoms with Crippen molar-refractivity contribution in [2.24, 2.45) is 0 Å². The van der Waals surface area contributed by atoms with Crippen LogP contribution in [0.3, 0.4) is 0 Å². The van der Waals surface area contributed by atoms with E-state index in [9.17, 15) is 0 Å². The number of unbranched alkanes of at least 4 members (excludes halogenated alkanes) is 1. The molecule has 2 rings (SSSR count). The van der Waals surface area contributed by atoms with Crippen molar-refractivity contribution in [3.8, 4) is 0 Å². The van der Waals surface area contributed by atoms with Crippen LogP contribution in [0.25, 0.3) is 0 Å². The van der Waals surface area contributed by atoms with Gasteiger partial charge in [-0.05, 0) is 0 Å². The first-order valence-electron chi connectivity index (χ1n) is 6.23. The minimum atomic E-state index is -0.412. The monoisotopic (exact) mass is 586 g/mol. The molecule has 0 amide bonds. The van der Waals surface area contributed by atoms with E-state index < -0.39 is 39.1 Å². The fourth-order valence-electron chi connectivity index (χ4n) is 2.45. The summed E-state index contributed by atoms with van der Waals surface area (Å²) < 4.78 is 10.4. The predicted octanol–water partition coefficient (Wildman–Crippen LogP) is -1.65. The van der Waals surface area contributed by atoms with Crippen molar-refractivity contribution in [3.05, 3.63) is 0 Å². The van der Waals surface area contributed by atoms with Crippen molar-refractivity contribution in [2.45, 2.75) is 65.3 Å². The van der Waals surface area contributed by atoms with Crippen molar-refractivity contribution >= 4 is 39.1 Å². The van der Waals surface area contributed by atoms with E-state index in [-0.39, 0.29) is 34.0 Å². The van der Waals surface area contributed by atoms with Crippen LogP contribution in [0.5, 0.6) is 0 Å². The molecule has 16 heavy (non-hydrogen) atoms. The molecule has 0 radical (unpaired) electrons. The fraction of sp³-hybridized carbons (Fsp3) is 1.00. The molecular formula is C12H24Br2Te2. The summed E-state index contributed by atoms with van der Waals surface area (Å²) in [6.07, 6.45) is 9.72. The molecule has 4 heteroatoms. The van der Waals surface area contributed by atoms with Crippen LogP contribution >= 0.6 is 0 Å². The summed E-state index contributed by atoms with van der Waals surface area (Å²) in [6, 6.07) is 0. The first-order valence-corrected chi connectivity index (χ1v) is 16.1. The molecule has 2 aliphatic heterocycles. The fourth-order valence-corrected chi connectivity index (χ4v) is 16.4. The summed E-state index contributed by atoms with van der Waals surface area (Å²) in [4.78, 5) is 0. The summed E-state index contributed by atoms with van der Waals surface area (Å²) in [5.74, 6) is 0. The maximum Gasteiger partial charge on any atom is -1.00 e. The van der Waals surface area contributed by atoms with Gasteiger partial charge in [0.15, 0.2) is 0 Å². The van der Waals surface area contributed by atoms with Gasteiger partial charge in [-0.1, -0.05) is 0 Å². The molecule has 0 saturated carbocycles. The standard InChI is InChI=1S/C12H24Te2.2BrH/c1-2-8-13(7-1)11-5-6-12-14-9-3-4-10-14;;/h1-12H2;2*1H/q+2;;/p-2. The SMILES string of the molecule is C1CC[Te+](CCCC[Te+]2CCCC2)C1.[Br-].[Br-]. The third-order valence-corrected chi connectivity index (χ3v) is 18.2. The molecule has 2 aliphatic rings. The molecule has 98 valence electrons. The Balaban J connectivity index is 0.00000112. The smallest absolute Gasteiger partial charge is 1.00 e. The topological polar surface area (TPSA) is 0 Å². The van der Waals surface area contributed by atoms with Crippen LogP contribution in [0.1, 0.15) is 38.5 Å². The Kier molecular flexibility index (Phi) is 13.2. The van der Waals surface area contributed by atoms with Gasteiger partial charge in [-0.25, -0.2) is 0 Å². The molecule has 0 N–H and O–H groups in total. The average Bonchev–Trinajstić information content (AvgIpc) is 2.86. The zero-order valence-corrected chi connectivity index (χ0v) is 17.9. The molecule has 0 nitrogen and oxygen atoms in total. The number of halogens is 2. The molecule has 0 aromatic carbocycles. The van der Waals surface area contributed by atoms with E-state index in [1.54, 1.807) is 65.3 Å². The second-order valence-electron chi connectivity index (χ2n) is 4.57. The van der Waals surface area contributed by atoms with Gasteiger partial charge < -0.3 is 34.0 Å². The van der Waals surface area contributed by atoms with Crippen molar-refractivity contribution < 1.29 is 34.0 Å². The van der Waals surface area contributed by atoms with Gasteiger partial charge in [-0.15, -0.1) is 0 Å². The van der Waals surface area contributed by atoms with Gasteiger partial charge in [0, 0.05) is 0 Å². The molecule has 0 aromatic heterocycles. The molecular weight excluding hydrogens is 559 g/mol.